The maximum absolute atomic E-state index is 11.8. The molecule has 1 fully saturated rings. The van der Waals surface area contributed by atoms with Gasteiger partial charge in [-0.2, -0.15) is 0 Å². The van der Waals surface area contributed by atoms with E-state index in [1.54, 1.807) is 0 Å². The first-order valence-electron chi connectivity index (χ1n) is 7.08. The van der Waals surface area contributed by atoms with E-state index in [4.69, 9.17) is 0 Å². The Morgan fingerprint density at radius 2 is 2.11 bits per heavy atom. The van der Waals surface area contributed by atoms with Gasteiger partial charge in [0.1, 0.15) is 0 Å². The molecule has 2 N–H and O–H groups in total. The predicted octanol–water partition coefficient (Wildman–Crippen LogP) is 1.94. The normalized spacial score (nSPS) is 25.0. The smallest absolute Gasteiger partial charge is 0.230 e. The van der Waals surface area contributed by atoms with Crippen LogP contribution < -0.4 is 10.6 Å². The van der Waals surface area contributed by atoms with E-state index in [0.29, 0.717) is 16.9 Å². The summed E-state index contributed by atoms with van der Waals surface area (Å²) in [5, 5.41) is 7.11. The molecule has 2 aliphatic rings. The summed E-state index contributed by atoms with van der Waals surface area (Å²) in [6.45, 7) is 3.07. The molecule has 1 heterocycles. The first kappa shape index (κ1) is 13.9. The van der Waals surface area contributed by atoms with Gasteiger partial charge >= 0.3 is 0 Å². The fraction of sp³-hybridized carbons (Fsp3) is 0.786. The second-order valence-electron chi connectivity index (χ2n) is 5.21. The predicted molar refractivity (Wildman–Crippen MR) is 77.8 cm³/mol. The van der Waals surface area contributed by atoms with Gasteiger partial charge in [0.2, 0.25) is 5.91 Å². The molecule has 0 bridgehead atoms. The summed E-state index contributed by atoms with van der Waals surface area (Å²) in [4.78, 5) is 11.8. The molecule has 0 radical (unpaired) electrons. The number of amides is 1. The lowest BCUT2D eigenvalue weighted by Crippen LogP contribution is -2.33. The Balaban J connectivity index is 1.55. The van der Waals surface area contributed by atoms with Crippen LogP contribution in [0.1, 0.15) is 32.1 Å². The van der Waals surface area contributed by atoms with Gasteiger partial charge in [-0.3, -0.25) is 4.79 Å². The van der Waals surface area contributed by atoms with E-state index in [9.17, 15) is 4.79 Å². The molecule has 0 saturated carbocycles. The summed E-state index contributed by atoms with van der Waals surface area (Å²) in [5.74, 6) is 1.50. The maximum atomic E-state index is 11.8. The van der Waals surface area contributed by atoms with Crippen molar-refractivity contribution in [3.63, 3.8) is 0 Å². The van der Waals surface area contributed by atoms with Gasteiger partial charge in [0.05, 0.1) is 5.75 Å². The Labute approximate surface area is 114 Å². The largest absolute Gasteiger partial charge is 0.355 e. The Morgan fingerprint density at radius 3 is 2.83 bits per heavy atom. The third-order valence-corrected chi connectivity index (χ3v) is 5.07. The molecule has 1 aliphatic carbocycles. The zero-order valence-electron chi connectivity index (χ0n) is 11.0. The Morgan fingerprint density at radius 1 is 1.28 bits per heavy atom. The molecule has 102 valence electrons. The molecule has 4 heteroatoms. The quantitative estimate of drug-likeness (QED) is 0.749. The average molecular weight is 268 g/mol. The fourth-order valence-corrected chi connectivity index (χ4v) is 3.56. The molecule has 1 amide bonds. The van der Waals surface area contributed by atoms with Gasteiger partial charge in [0.25, 0.3) is 0 Å². The van der Waals surface area contributed by atoms with E-state index in [-0.39, 0.29) is 5.91 Å². The highest BCUT2D eigenvalue weighted by Crippen LogP contribution is 2.20. The molecule has 18 heavy (non-hydrogen) atoms. The van der Waals surface area contributed by atoms with E-state index >= 15 is 0 Å². The third-order valence-electron chi connectivity index (χ3n) is 3.70. The number of nitrogens with one attached hydrogen (secondary N) is 2. The molecule has 1 unspecified atom stereocenters. The van der Waals surface area contributed by atoms with E-state index in [1.807, 2.05) is 11.8 Å². The van der Waals surface area contributed by atoms with Crippen molar-refractivity contribution in [2.75, 3.05) is 25.4 Å². The molecule has 1 aliphatic heterocycles. The van der Waals surface area contributed by atoms with Gasteiger partial charge in [-0.15, -0.1) is 11.8 Å². The van der Waals surface area contributed by atoms with Crippen LogP contribution >= 0.6 is 11.8 Å². The molecule has 0 aromatic rings. The number of hydrogen-bond acceptors (Lipinski definition) is 3. The lowest BCUT2D eigenvalue weighted by molar-refractivity contribution is -0.118. The summed E-state index contributed by atoms with van der Waals surface area (Å²) in [6.07, 6.45) is 10.4. The summed E-state index contributed by atoms with van der Waals surface area (Å²) in [7, 11) is 0. The van der Waals surface area contributed by atoms with Gasteiger partial charge in [-0.25, -0.2) is 0 Å². The van der Waals surface area contributed by atoms with E-state index in [1.165, 1.54) is 25.7 Å². The standard InChI is InChI=1S/C14H24N2OS/c17-14(11-18-13-6-8-15-9-7-13)16-10-12-4-2-1-3-5-12/h1-2,12-13,15H,3-11H2,(H,16,17). The van der Waals surface area contributed by atoms with Crippen LogP contribution in [0.25, 0.3) is 0 Å². The van der Waals surface area contributed by atoms with E-state index in [0.717, 1.165) is 26.1 Å². The number of piperidine rings is 1. The van der Waals surface area contributed by atoms with Crippen molar-refractivity contribution in [1.82, 2.24) is 10.6 Å². The monoisotopic (exact) mass is 268 g/mol. The molecule has 0 spiro atoms. The van der Waals surface area contributed by atoms with Gasteiger partial charge < -0.3 is 10.6 Å². The molecule has 1 saturated heterocycles. The Bertz CT molecular complexity index is 288. The number of rotatable bonds is 5. The lowest BCUT2D eigenvalue weighted by atomic mass is 9.94. The SMILES string of the molecule is O=C(CSC1CCNCC1)NCC1CC=CCC1. The summed E-state index contributed by atoms with van der Waals surface area (Å²) in [5.41, 5.74) is 0. The van der Waals surface area contributed by atoms with Crippen molar-refractivity contribution < 1.29 is 4.79 Å². The van der Waals surface area contributed by atoms with Crippen molar-refractivity contribution in [2.45, 2.75) is 37.4 Å². The van der Waals surface area contributed by atoms with Crippen molar-refractivity contribution in [2.24, 2.45) is 5.92 Å². The highest BCUT2D eigenvalue weighted by atomic mass is 32.2. The third kappa shape index (κ3) is 5.02. The number of carbonyl (C=O) groups excluding carboxylic acids is 1. The van der Waals surface area contributed by atoms with Crippen LogP contribution in [0.5, 0.6) is 0 Å². The van der Waals surface area contributed by atoms with Crippen molar-refractivity contribution >= 4 is 17.7 Å². The minimum absolute atomic E-state index is 0.216. The molecule has 0 aromatic heterocycles. The van der Waals surface area contributed by atoms with Crippen LogP contribution in [0.15, 0.2) is 12.2 Å². The van der Waals surface area contributed by atoms with E-state index in [2.05, 4.69) is 22.8 Å². The molecule has 2 rings (SSSR count). The summed E-state index contributed by atoms with van der Waals surface area (Å²) >= 11 is 1.83. The van der Waals surface area contributed by atoms with Crippen LogP contribution in [-0.2, 0) is 4.79 Å². The van der Waals surface area contributed by atoms with Gasteiger partial charge in [-0.05, 0) is 51.1 Å². The molecule has 1 atom stereocenters. The first-order valence-corrected chi connectivity index (χ1v) is 8.13. The topological polar surface area (TPSA) is 41.1 Å². The fourth-order valence-electron chi connectivity index (χ4n) is 2.51. The van der Waals surface area contributed by atoms with Crippen LogP contribution in [0.3, 0.4) is 0 Å². The number of thioether (sulfide) groups is 1. The van der Waals surface area contributed by atoms with Crippen LogP contribution in [0.2, 0.25) is 0 Å². The lowest BCUT2D eigenvalue weighted by Gasteiger charge is -2.22. The van der Waals surface area contributed by atoms with Crippen molar-refractivity contribution in [1.29, 1.82) is 0 Å². The zero-order chi connectivity index (χ0) is 12.6. The summed E-state index contributed by atoms with van der Waals surface area (Å²) < 4.78 is 0. The second-order valence-corrected chi connectivity index (χ2v) is 6.50. The average Bonchev–Trinajstić information content (AvgIpc) is 2.45. The van der Waals surface area contributed by atoms with Crippen molar-refractivity contribution in [3.8, 4) is 0 Å². The Hall–Kier alpha value is -0.480. The zero-order valence-corrected chi connectivity index (χ0v) is 11.8. The first-order chi connectivity index (χ1) is 8.84. The molecule has 3 nitrogen and oxygen atoms in total. The summed E-state index contributed by atoms with van der Waals surface area (Å²) in [6, 6.07) is 0. The van der Waals surface area contributed by atoms with Crippen LogP contribution in [-0.4, -0.2) is 36.5 Å². The minimum Gasteiger partial charge on any atom is -0.355 e. The van der Waals surface area contributed by atoms with Gasteiger partial charge in [0.15, 0.2) is 0 Å². The van der Waals surface area contributed by atoms with Gasteiger partial charge in [-0.1, -0.05) is 12.2 Å². The highest BCUT2D eigenvalue weighted by molar-refractivity contribution is 8.00. The maximum Gasteiger partial charge on any atom is 0.230 e. The van der Waals surface area contributed by atoms with Crippen LogP contribution in [0.4, 0.5) is 0 Å². The number of allylic oxidation sites excluding steroid dienone is 2. The van der Waals surface area contributed by atoms with Crippen molar-refractivity contribution in [3.05, 3.63) is 12.2 Å². The van der Waals surface area contributed by atoms with Crippen LogP contribution in [0, 0.1) is 5.92 Å². The highest BCUT2D eigenvalue weighted by Gasteiger charge is 2.16. The second kappa shape index (κ2) is 7.85. The number of carbonyl (C=O) groups is 1. The Kier molecular flexibility index (Phi) is 6.08. The molecular weight excluding hydrogens is 244 g/mol. The number of hydrogen-bond donors (Lipinski definition) is 2. The molecular formula is C14H24N2OS. The van der Waals surface area contributed by atoms with Gasteiger partial charge in [0, 0.05) is 11.8 Å². The minimum atomic E-state index is 0.216. The van der Waals surface area contributed by atoms with E-state index < -0.39 is 0 Å². The molecule has 0 aromatic carbocycles.